The number of fused-ring (bicyclic) bond motifs is 1. The molecular weight excluding hydrogens is 393 g/mol. The van der Waals surface area contributed by atoms with Gasteiger partial charge in [0.05, 0.1) is 11.2 Å². The van der Waals surface area contributed by atoms with Crippen LogP contribution < -0.4 is 15.6 Å². The predicted molar refractivity (Wildman–Crippen MR) is 118 cm³/mol. The Morgan fingerprint density at radius 2 is 1.87 bits per heavy atom. The quantitative estimate of drug-likeness (QED) is 0.487. The minimum Gasteiger partial charge on any atom is -0.489 e. The Morgan fingerprint density at radius 1 is 1.03 bits per heavy atom. The van der Waals surface area contributed by atoms with Crippen LogP contribution in [0.15, 0.2) is 77.7 Å². The molecule has 1 fully saturated rings. The smallest absolute Gasteiger partial charge is 0.258 e. The van der Waals surface area contributed by atoms with E-state index in [9.17, 15) is 9.18 Å². The second-order valence-corrected chi connectivity index (χ2v) is 7.82. The summed E-state index contributed by atoms with van der Waals surface area (Å²) >= 11 is 0. The summed E-state index contributed by atoms with van der Waals surface area (Å²) in [6, 6.07) is 19.8. The van der Waals surface area contributed by atoms with Crippen LogP contribution in [0, 0.1) is 5.82 Å². The number of hydrogen-bond donors (Lipinski definition) is 1. The first-order valence-corrected chi connectivity index (χ1v) is 10.4. The molecule has 0 radical (unpaired) electrons. The largest absolute Gasteiger partial charge is 0.489 e. The summed E-state index contributed by atoms with van der Waals surface area (Å²) < 4.78 is 20.3. The van der Waals surface area contributed by atoms with E-state index < -0.39 is 0 Å². The molecule has 1 N–H and O–H groups in total. The number of rotatable bonds is 7. The van der Waals surface area contributed by atoms with Crippen molar-refractivity contribution < 1.29 is 9.13 Å². The fourth-order valence-electron chi connectivity index (χ4n) is 3.45. The average Bonchev–Trinajstić information content (AvgIpc) is 3.62. The number of aromatic nitrogens is 2. The Hall–Kier alpha value is -3.51. The molecule has 0 unspecified atom stereocenters. The van der Waals surface area contributed by atoms with E-state index in [0.29, 0.717) is 11.8 Å². The van der Waals surface area contributed by atoms with Gasteiger partial charge in [0, 0.05) is 35.9 Å². The summed E-state index contributed by atoms with van der Waals surface area (Å²) in [6.07, 6.45) is 4.20. The molecule has 0 spiro atoms. The topological polar surface area (TPSA) is 56.2 Å². The number of pyridine rings is 2. The van der Waals surface area contributed by atoms with E-state index in [1.165, 1.54) is 31.0 Å². The maximum atomic E-state index is 13.0. The van der Waals surface area contributed by atoms with Gasteiger partial charge in [-0.1, -0.05) is 18.2 Å². The Balaban J connectivity index is 1.32. The Labute approximate surface area is 179 Å². The second kappa shape index (κ2) is 8.32. The van der Waals surface area contributed by atoms with Crippen molar-refractivity contribution in [2.24, 2.45) is 0 Å². The Morgan fingerprint density at radius 3 is 2.65 bits per heavy atom. The maximum Gasteiger partial charge on any atom is 0.258 e. The molecule has 156 valence electrons. The van der Waals surface area contributed by atoms with E-state index in [1.54, 1.807) is 29.0 Å². The number of nitrogens with one attached hydrogen (secondary N) is 1. The summed E-state index contributed by atoms with van der Waals surface area (Å²) in [5.74, 6) is 0.184. The van der Waals surface area contributed by atoms with Crippen LogP contribution in [0.25, 0.3) is 16.6 Å². The van der Waals surface area contributed by atoms with Gasteiger partial charge in [-0.15, -0.1) is 0 Å². The van der Waals surface area contributed by atoms with Crippen LogP contribution in [0.5, 0.6) is 5.75 Å². The van der Waals surface area contributed by atoms with Gasteiger partial charge in [0.25, 0.3) is 5.56 Å². The molecule has 1 aliphatic rings. The third kappa shape index (κ3) is 4.64. The molecule has 0 atom stereocenters. The van der Waals surface area contributed by atoms with Gasteiger partial charge in [-0.05, 0) is 60.9 Å². The zero-order valence-electron chi connectivity index (χ0n) is 16.9. The fourth-order valence-corrected chi connectivity index (χ4v) is 3.45. The van der Waals surface area contributed by atoms with Gasteiger partial charge >= 0.3 is 0 Å². The van der Waals surface area contributed by atoms with Crippen molar-refractivity contribution in [3.63, 3.8) is 0 Å². The van der Waals surface area contributed by atoms with Gasteiger partial charge in [0.15, 0.2) is 0 Å². The lowest BCUT2D eigenvalue weighted by Gasteiger charge is -2.10. The third-order valence-electron chi connectivity index (χ3n) is 5.37. The van der Waals surface area contributed by atoms with Crippen LogP contribution in [0.2, 0.25) is 0 Å². The van der Waals surface area contributed by atoms with Crippen LogP contribution in [0.1, 0.15) is 24.1 Å². The third-order valence-corrected chi connectivity index (χ3v) is 5.37. The molecule has 0 bridgehead atoms. The summed E-state index contributed by atoms with van der Waals surface area (Å²) in [7, 11) is 0. The first-order valence-electron chi connectivity index (χ1n) is 10.4. The Bertz CT molecular complexity index is 1280. The zero-order valence-corrected chi connectivity index (χ0v) is 16.9. The molecule has 6 heteroatoms. The van der Waals surface area contributed by atoms with Crippen molar-refractivity contribution in [1.29, 1.82) is 0 Å². The second-order valence-electron chi connectivity index (χ2n) is 7.82. The lowest BCUT2D eigenvalue weighted by Crippen LogP contribution is -2.17. The first-order chi connectivity index (χ1) is 15.1. The maximum absolute atomic E-state index is 13.0. The lowest BCUT2D eigenvalue weighted by atomic mass is 10.1. The van der Waals surface area contributed by atoms with Crippen LogP contribution >= 0.6 is 0 Å². The molecule has 2 aromatic carbocycles. The fraction of sp³-hybridized carbons (Fsp3) is 0.200. The standard InChI is InChI=1S/C25H22FN3O2/c26-19-4-1-17(2-5-19)16-31-23-11-12-29(25(30)14-23)22-9-10-24-18(13-22)3-6-21(28-24)15-27-20-7-8-20/h1-6,9-14,20,27H,7-8,15-16H2. The van der Waals surface area contributed by atoms with Crippen molar-refractivity contribution in [2.75, 3.05) is 0 Å². The van der Waals surface area contributed by atoms with Gasteiger partial charge in [0.2, 0.25) is 0 Å². The average molecular weight is 415 g/mol. The summed E-state index contributed by atoms with van der Waals surface area (Å²) in [6.45, 7) is 1.05. The van der Waals surface area contributed by atoms with E-state index in [0.717, 1.165) is 34.4 Å². The van der Waals surface area contributed by atoms with Crippen LogP contribution in [0.4, 0.5) is 4.39 Å². The van der Waals surface area contributed by atoms with Gasteiger partial charge in [-0.25, -0.2) is 4.39 Å². The van der Waals surface area contributed by atoms with E-state index >= 15 is 0 Å². The minimum atomic E-state index is -0.289. The van der Waals surface area contributed by atoms with E-state index in [2.05, 4.69) is 5.32 Å². The number of benzene rings is 2. The van der Waals surface area contributed by atoms with Crippen LogP contribution in [-0.2, 0) is 13.2 Å². The van der Waals surface area contributed by atoms with Crippen molar-refractivity contribution in [2.45, 2.75) is 32.0 Å². The highest BCUT2D eigenvalue weighted by molar-refractivity contribution is 5.81. The highest BCUT2D eigenvalue weighted by Gasteiger charge is 2.20. The molecule has 2 heterocycles. The van der Waals surface area contributed by atoms with E-state index in [4.69, 9.17) is 9.72 Å². The minimum absolute atomic E-state index is 0.186. The molecular formula is C25H22FN3O2. The molecule has 5 rings (SSSR count). The normalized spacial score (nSPS) is 13.5. The highest BCUT2D eigenvalue weighted by atomic mass is 19.1. The van der Waals surface area contributed by atoms with Crippen molar-refractivity contribution in [3.05, 3.63) is 100 Å². The van der Waals surface area contributed by atoms with Crippen molar-refractivity contribution in [1.82, 2.24) is 14.9 Å². The van der Waals surface area contributed by atoms with E-state index in [-0.39, 0.29) is 18.0 Å². The molecule has 0 saturated heterocycles. The van der Waals surface area contributed by atoms with E-state index in [1.807, 2.05) is 30.3 Å². The zero-order chi connectivity index (χ0) is 21.2. The molecule has 0 aliphatic heterocycles. The van der Waals surface area contributed by atoms with Gasteiger partial charge in [-0.2, -0.15) is 0 Å². The number of halogens is 1. The molecule has 5 nitrogen and oxygen atoms in total. The number of ether oxygens (including phenoxy) is 1. The summed E-state index contributed by atoms with van der Waals surface area (Å²) in [5.41, 5.74) is 3.35. The highest BCUT2D eigenvalue weighted by Crippen LogP contribution is 2.21. The van der Waals surface area contributed by atoms with Gasteiger partial charge in [0.1, 0.15) is 18.2 Å². The monoisotopic (exact) mass is 415 g/mol. The predicted octanol–water partition coefficient (Wildman–Crippen LogP) is 4.36. The summed E-state index contributed by atoms with van der Waals surface area (Å²) in [5, 5.41) is 4.46. The lowest BCUT2D eigenvalue weighted by molar-refractivity contribution is 0.305. The first kappa shape index (κ1) is 19.5. The van der Waals surface area contributed by atoms with Crippen LogP contribution in [0.3, 0.4) is 0 Å². The molecule has 1 saturated carbocycles. The van der Waals surface area contributed by atoms with Gasteiger partial charge in [-0.3, -0.25) is 14.3 Å². The molecule has 31 heavy (non-hydrogen) atoms. The molecule has 2 aromatic heterocycles. The number of hydrogen-bond acceptors (Lipinski definition) is 4. The van der Waals surface area contributed by atoms with Gasteiger partial charge < -0.3 is 10.1 Å². The molecule has 0 amide bonds. The van der Waals surface area contributed by atoms with Crippen LogP contribution in [-0.4, -0.2) is 15.6 Å². The van der Waals surface area contributed by atoms with Crippen molar-refractivity contribution in [3.8, 4) is 11.4 Å². The Kier molecular flexibility index (Phi) is 5.22. The number of nitrogens with zero attached hydrogens (tertiary/aromatic N) is 2. The van der Waals surface area contributed by atoms with Crippen molar-refractivity contribution >= 4 is 10.9 Å². The summed E-state index contributed by atoms with van der Waals surface area (Å²) in [4.78, 5) is 17.4. The molecule has 1 aliphatic carbocycles. The molecule has 4 aromatic rings. The SMILES string of the molecule is O=c1cc(OCc2ccc(F)cc2)ccn1-c1ccc2nc(CNC3CC3)ccc2c1.